The number of fused-ring (bicyclic) bond motifs is 1. The second kappa shape index (κ2) is 8.67. The third-order valence-electron chi connectivity index (χ3n) is 4.26. The molecule has 1 aromatic heterocycles. The average Bonchev–Trinajstić information content (AvgIpc) is 2.70. The first-order valence-electron chi connectivity index (χ1n) is 8.54. The van der Waals surface area contributed by atoms with Crippen LogP contribution in [0.15, 0.2) is 59.7 Å². The molecule has 3 aromatic rings. The van der Waals surface area contributed by atoms with Crippen molar-refractivity contribution in [2.24, 2.45) is 0 Å². The summed E-state index contributed by atoms with van der Waals surface area (Å²) in [5.41, 5.74) is 0.832. The van der Waals surface area contributed by atoms with Crippen molar-refractivity contribution in [1.29, 1.82) is 0 Å². The summed E-state index contributed by atoms with van der Waals surface area (Å²) in [4.78, 5) is 41.1. The molecule has 144 valence electrons. The van der Waals surface area contributed by atoms with Gasteiger partial charge in [0.2, 0.25) is 5.91 Å². The minimum atomic E-state index is -0.683. The number of aromatic nitrogens is 2. The Kier molecular flexibility index (Phi) is 6.06. The number of ether oxygens (including phenoxy) is 1. The SMILES string of the molecule is COC(=O)C[C@H](NC(=O)Cn1cnc2ccccc2c1=O)c1ccccc1Cl. The van der Waals surface area contributed by atoms with Crippen LogP contribution in [0.3, 0.4) is 0 Å². The molecule has 0 saturated heterocycles. The predicted octanol–water partition coefficient (Wildman–Crippen LogP) is 2.47. The number of halogens is 1. The molecule has 8 heteroatoms. The maximum absolute atomic E-state index is 12.6. The van der Waals surface area contributed by atoms with Gasteiger partial charge in [0.15, 0.2) is 0 Å². The average molecular weight is 400 g/mol. The van der Waals surface area contributed by atoms with Crippen LogP contribution in [-0.2, 0) is 20.9 Å². The van der Waals surface area contributed by atoms with Gasteiger partial charge in [-0.15, -0.1) is 0 Å². The third kappa shape index (κ3) is 4.37. The maximum atomic E-state index is 12.6. The number of benzene rings is 2. The first-order valence-corrected chi connectivity index (χ1v) is 8.92. The monoisotopic (exact) mass is 399 g/mol. The topological polar surface area (TPSA) is 90.3 Å². The smallest absolute Gasteiger partial charge is 0.307 e. The fourth-order valence-corrected chi connectivity index (χ4v) is 3.13. The number of amides is 1. The molecule has 0 unspecified atom stereocenters. The lowest BCUT2D eigenvalue weighted by Gasteiger charge is -2.19. The summed E-state index contributed by atoms with van der Waals surface area (Å²) >= 11 is 6.21. The molecule has 0 aliphatic heterocycles. The van der Waals surface area contributed by atoms with Crippen LogP contribution in [0.2, 0.25) is 5.02 Å². The van der Waals surface area contributed by atoms with Gasteiger partial charge in [-0.1, -0.05) is 41.9 Å². The number of carbonyl (C=O) groups excluding carboxylic acids is 2. The first-order chi connectivity index (χ1) is 13.5. The van der Waals surface area contributed by atoms with Crippen molar-refractivity contribution >= 4 is 34.4 Å². The first kappa shape index (κ1) is 19.6. The molecule has 1 heterocycles. The van der Waals surface area contributed by atoms with Gasteiger partial charge in [-0.25, -0.2) is 4.98 Å². The van der Waals surface area contributed by atoms with Crippen LogP contribution in [0, 0.1) is 0 Å². The summed E-state index contributed by atoms with van der Waals surface area (Å²) in [6.45, 7) is -0.237. The lowest BCUT2D eigenvalue weighted by Crippen LogP contribution is -2.36. The van der Waals surface area contributed by atoms with E-state index in [2.05, 4.69) is 10.3 Å². The van der Waals surface area contributed by atoms with Crippen LogP contribution in [0.4, 0.5) is 0 Å². The molecule has 3 rings (SSSR count). The summed E-state index contributed by atoms with van der Waals surface area (Å²) in [6.07, 6.45) is 1.24. The van der Waals surface area contributed by atoms with E-state index < -0.39 is 17.9 Å². The molecular weight excluding hydrogens is 382 g/mol. The van der Waals surface area contributed by atoms with Crippen molar-refractivity contribution in [2.75, 3.05) is 7.11 Å². The number of nitrogens with zero attached hydrogens (tertiary/aromatic N) is 2. The predicted molar refractivity (Wildman–Crippen MR) is 105 cm³/mol. The number of nitrogens with one attached hydrogen (secondary N) is 1. The molecule has 0 aliphatic carbocycles. The largest absolute Gasteiger partial charge is 0.469 e. The van der Waals surface area contributed by atoms with Gasteiger partial charge < -0.3 is 10.1 Å². The van der Waals surface area contributed by atoms with Crippen LogP contribution in [0.25, 0.3) is 10.9 Å². The van der Waals surface area contributed by atoms with Crippen LogP contribution < -0.4 is 10.9 Å². The highest BCUT2D eigenvalue weighted by Crippen LogP contribution is 2.25. The van der Waals surface area contributed by atoms with Gasteiger partial charge in [-0.3, -0.25) is 19.0 Å². The minimum absolute atomic E-state index is 0.0865. The van der Waals surface area contributed by atoms with E-state index >= 15 is 0 Å². The number of esters is 1. The molecule has 1 atom stereocenters. The molecule has 0 aliphatic rings. The van der Waals surface area contributed by atoms with Crippen molar-refractivity contribution in [3.8, 4) is 0 Å². The Morgan fingerprint density at radius 2 is 1.89 bits per heavy atom. The number of rotatable bonds is 6. The van der Waals surface area contributed by atoms with Crippen molar-refractivity contribution < 1.29 is 14.3 Å². The zero-order valence-electron chi connectivity index (χ0n) is 15.1. The van der Waals surface area contributed by atoms with Gasteiger partial charge in [-0.2, -0.15) is 0 Å². The molecule has 7 nitrogen and oxygen atoms in total. The Morgan fingerprint density at radius 3 is 2.64 bits per heavy atom. The molecule has 2 aromatic carbocycles. The summed E-state index contributed by atoms with van der Waals surface area (Å²) in [7, 11) is 1.27. The Bertz CT molecular complexity index is 1080. The van der Waals surface area contributed by atoms with Crippen LogP contribution in [-0.4, -0.2) is 28.5 Å². The Hall–Kier alpha value is -3.19. The van der Waals surface area contributed by atoms with Gasteiger partial charge in [0, 0.05) is 5.02 Å². The van der Waals surface area contributed by atoms with Crippen LogP contribution in [0.5, 0.6) is 0 Å². The number of methoxy groups -OCH3 is 1. The number of carbonyl (C=O) groups is 2. The van der Waals surface area contributed by atoms with Crippen LogP contribution >= 0.6 is 11.6 Å². The molecule has 0 fully saturated rings. The second-order valence-corrected chi connectivity index (χ2v) is 6.52. The molecule has 28 heavy (non-hydrogen) atoms. The third-order valence-corrected chi connectivity index (χ3v) is 4.60. The molecule has 1 amide bonds. The maximum Gasteiger partial charge on any atom is 0.307 e. The summed E-state index contributed by atoms with van der Waals surface area (Å²) < 4.78 is 5.93. The summed E-state index contributed by atoms with van der Waals surface area (Å²) in [5, 5.41) is 3.60. The number of para-hydroxylation sites is 1. The fraction of sp³-hybridized carbons (Fsp3) is 0.200. The van der Waals surface area contributed by atoms with Crippen LogP contribution in [0.1, 0.15) is 18.0 Å². The Morgan fingerprint density at radius 1 is 1.18 bits per heavy atom. The van der Waals surface area contributed by atoms with Gasteiger partial charge in [0.25, 0.3) is 5.56 Å². The van der Waals surface area contributed by atoms with Gasteiger partial charge in [-0.05, 0) is 23.8 Å². The molecule has 0 saturated carbocycles. The standard InChI is InChI=1S/C20H18ClN3O4/c1-28-19(26)10-17(13-6-2-4-8-15(13)21)23-18(25)11-24-12-22-16-9-5-3-7-14(16)20(24)27/h2-9,12,17H,10-11H2,1H3,(H,23,25)/t17-/m0/s1. The molecule has 0 radical (unpaired) electrons. The normalized spacial score (nSPS) is 11.8. The van der Waals surface area contributed by atoms with E-state index in [1.165, 1.54) is 18.0 Å². The van der Waals surface area contributed by atoms with Crippen molar-refractivity contribution in [1.82, 2.24) is 14.9 Å². The Labute approximate surface area is 165 Å². The van der Waals surface area contributed by atoms with E-state index in [0.29, 0.717) is 21.5 Å². The fourth-order valence-electron chi connectivity index (χ4n) is 2.86. The highest BCUT2D eigenvalue weighted by molar-refractivity contribution is 6.31. The summed E-state index contributed by atoms with van der Waals surface area (Å²) in [5.74, 6) is -0.942. The molecule has 0 spiro atoms. The van der Waals surface area contributed by atoms with Gasteiger partial charge >= 0.3 is 5.97 Å². The van der Waals surface area contributed by atoms with Crippen molar-refractivity contribution in [2.45, 2.75) is 19.0 Å². The van der Waals surface area contributed by atoms with E-state index in [4.69, 9.17) is 16.3 Å². The Balaban J connectivity index is 1.82. The zero-order valence-corrected chi connectivity index (χ0v) is 15.8. The highest BCUT2D eigenvalue weighted by atomic mass is 35.5. The second-order valence-electron chi connectivity index (χ2n) is 6.12. The molecule has 1 N–H and O–H groups in total. The van der Waals surface area contributed by atoms with E-state index in [1.807, 2.05) is 0 Å². The van der Waals surface area contributed by atoms with Gasteiger partial charge in [0.1, 0.15) is 6.54 Å². The number of hydrogen-bond donors (Lipinski definition) is 1. The molecule has 0 bridgehead atoms. The van der Waals surface area contributed by atoms with Crippen molar-refractivity contribution in [3.63, 3.8) is 0 Å². The molecular formula is C20H18ClN3O4. The van der Waals surface area contributed by atoms with E-state index in [-0.39, 0.29) is 18.5 Å². The van der Waals surface area contributed by atoms with E-state index in [9.17, 15) is 14.4 Å². The van der Waals surface area contributed by atoms with E-state index in [0.717, 1.165) is 0 Å². The minimum Gasteiger partial charge on any atom is -0.469 e. The zero-order chi connectivity index (χ0) is 20.1. The lowest BCUT2D eigenvalue weighted by atomic mass is 10.0. The van der Waals surface area contributed by atoms with E-state index in [1.54, 1.807) is 48.5 Å². The summed E-state index contributed by atoms with van der Waals surface area (Å²) in [6, 6.07) is 13.1. The number of hydrogen-bond acceptors (Lipinski definition) is 5. The quantitative estimate of drug-likeness (QED) is 0.643. The lowest BCUT2D eigenvalue weighted by molar-refractivity contribution is -0.141. The van der Waals surface area contributed by atoms with Gasteiger partial charge in [0.05, 0.1) is 36.8 Å². The highest BCUT2D eigenvalue weighted by Gasteiger charge is 2.21. The van der Waals surface area contributed by atoms with Crippen molar-refractivity contribution in [3.05, 3.63) is 75.8 Å².